The lowest BCUT2D eigenvalue weighted by atomic mass is 10.4. The van der Waals surface area contributed by atoms with E-state index in [0.717, 1.165) is 6.08 Å². The number of hydrogen-bond donors (Lipinski definition) is 0. The molecule has 1 aromatic heterocycles. The molecule has 0 spiro atoms. The molecule has 0 unspecified atom stereocenters. The molecular weight excluding hydrogens is 172 g/mol. The Morgan fingerprint density at radius 1 is 1.62 bits per heavy atom. The van der Waals surface area contributed by atoms with E-state index in [0.29, 0.717) is 12.0 Å². The number of hydrogen-bond acceptors (Lipinski definition) is 4. The first-order valence-corrected chi connectivity index (χ1v) is 3.59. The van der Waals surface area contributed by atoms with Crippen LogP contribution in [0, 0.1) is 0 Å². The van der Waals surface area contributed by atoms with Crippen LogP contribution in [-0.4, -0.2) is 12.3 Å². The molecule has 4 heteroatoms. The van der Waals surface area contributed by atoms with Gasteiger partial charge in [-0.2, -0.15) is 0 Å². The largest absolute Gasteiger partial charge is 0.455 e. The normalized spacial score (nSPS) is 9.23. The zero-order chi connectivity index (χ0) is 9.68. The quantitative estimate of drug-likeness (QED) is 0.398. The molecule has 68 valence electrons. The number of esters is 1. The first-order valence-electron chi connectivity index (χ1n) is 3.59. The van der Waals surface area contributed by atoms with Crippen LogP contribution >= 0.6 is 0 Å². The van der Waals surface area contributed by atoms with Crippen LogP contribution in [-0.2, 0) is 16.1 Å². The highest BCUT2D eigenvalue weighted by Gasteiger charge is 2.02. The molecule has 1 rings (SSSR count). The summed E-state index contributed by atoms with van der Waals surface area (Å²) in [4.78, 5) is 20.8. The maximum absolute atomic E-state index is 10.6. The lowest BCUT2D eigenvalue weighted by Gasteiger charge is -1.96. The number of carbonyl (C=O) groups is 2. The summed E-state index contributed by atoms with van der Waals surface area (Å²) < 4.78 is 9.62. The fourth-order valence-corrected chi connectivity index (χ4v) is 0.737. The Labute approximate surface area is 74.8 Å². The summed E-state index contributed by atoms with van der Waals surface area (Å²) in [5.74, 6) is 0.117. The summed E-state index contributed by atoms with van der Waals surface area (Å²) >= 11 is 0. The summed E-state index contributed by atoms with van der Waals surface area (Å²) in [5, 5.41) is 0. The average molecular weight is 180 g/mol. The molecule has 0 N–H and O–H groups in total. The number of ether oxygens (including phenoxy) is 1. The third-order valence-electron chi connectivity index (χ3n) is 1.32. The molecule has 0 aromatic carbocycles. The number of rotatable bonds is 4. The lowest BCUT2D eigenvalue weighted by Crippen LogP contribution is -1.98. The molecule has 13 heavy (non-hydrogen) atoms. The Bertz CT molecular complexity index is 324. The highest BCUT2D eigenvalue weighted by molar-refractivity contribution is 5.81. The molecule has 0 aliphatic heterocycles. The first-order chi connectivity index (χ1) is 6.26. The molecule has 0 saturated carbocycles. The van der Waals surface area contributed by atoms with E-state index in [2.05, 4.69) is 11.3 Å². The van der Waals surface area contributed by atoms with Crippen LogP contribution in [0.2, 0.25) is 0 Å². The number of carbonyl (C=O) groups excluding carboxylic acids is 2. The minimum atomic E-state index is -0.524. The van der Waals surface area contributed by atoms with E-state index < -0.39 is 5.97 Å². The Hall–Kier alpha value is -1.84. The van der Waals surface area contributed by atoms with E-state index in [-0.39, 0.29) is 12.4 Å². The van der Waals surface area contributed by atoms with E-state index >= 15 is 0 Å². The fourth-order valence-electron chi connectivity index (χ4n) is 0.737. The van der Waals surface area contributed by atoms with E-state index in [4.69, 9.17) is 4.42 Å². The van der Waals surface area contributed by atoms with Gasteiger partial charge in [-0.3, -0.25) is 4.79 Å². The minimum absolute atomic E-state index is 0.0126. The molecule has 0 radical (unpaired) electrons. The molecule has 1 heterocycles. The fraction of sp³-hybridized carbons (Fsp3) is 0.111. The van der Waals surface area contributed by atoms with Gasteiger partial charge in [-0.25, -0.2) is 4.79 Å². The predicted molar refractivity (Wildman–Crippen MR) is 44.1 cm³/mol. The van der Waals surface area contributed by atoms with E-state index in [1.807, 2.05) is 0 Å². The van der Waals surface area contributed by atoms with Gasteiger partial charge in [-0.05, 0) is 12.1 Å². The SMILES string of the molecule is C=CC(=O)OCc1ccc(C=O)o1. The van der Waals surface area contributed by atoms with Crippen molar-refractivity contribution >= 4 is 12.3 Å². The highest BCUT2D eigenvalue weighted by atomic mass is 16.5. The summed E-state index contributed by atoms with van der Waals surface area (Å²) in [7, 11) is 0. The zero-order valence-electron chi connectivity index (χ0n) is 6.86. The molecule has 0 atom stereocenters. The summed E-state index contributed by atoms with van der Waals surface area (Å²) in [5.41, 5.74) is 0. The summed E-state index contributed by atoms with van der Waals surface area (Å²) in [6.07, 6.45) is 1.64. The van der Waals surface area contributed by atoms with Gasteiger partial charge >= 0.3 is 5.97 Å². The standard InChI is InChI=1S/C9H8O4/c1-2-9(11)12-6-8-4-3-7(5-10)13-8/h2-5H,1,6H2. The van der Waals surface area contributed by atoms with Crippen molar-refractivity contribution in [1.29, 1.82) is 0 Å². The first kappa shape index (κ1) is 9.25. The van der Waals surface area contributed by atoms with Gasteiger partial charge in [0.2, 0.25) is 0 Å². The molecule has 0 amide bonds. The van der Waals surface area contributed by atoms with Gasteiger partial charge in [0, 0.05) is 6.08 Å². The highest BCUT2D eigenvalue weighted by Crippen LogP contribution is 2.06. The second-order valence-electron chi connectivity index (χ2n) is 2.23. The third-order valence-corrected chi connectivity index (χ3v) is 1.32. The van der Waals surface area contributed by atoms with Gasteiger partial charge in [0.15, 0.2) is 12.0 Å². The Morgan fingerprint density at radius 3 is 2.92 bits per heavy atom. The molecule has 0 fully saturated rings. The van der Waals surface area contributed by atoms with Crippen LogP contribution in [0.5, 0.6) is 0 Å². The van der Waals surface area contributed by atoms with Crippen LogP contribution in [0.3, 0.4) is 0 Å². The topological polar surface area (TPSA) is 56.5 Å². The van der Waals surface area contributed by atoms with Crippen molar-refractivity contribution in [2.45, 2.75) is 6.61 Å². The van der Waals surface area contributed by atoms with Crippen molar-refractivity contribution in [1.82, 2.24) is 0 Å². The van der Waals surface area contributed by atoms with Crippen LogP contribution < -0.4 is 0 Å². The van der Waals surface area contributed by atoms with Crippen LogP contribution in [0.15, 0.2) is 29.2 Å². The van der Waals surface area contributed by atoms with Crippen LogP contribution in [0.25, 0.3) is 0 Å². The zero-order valence-corrected chi connectivity index (χ0v) is 6.86. The van der Waals surface area contributed by atoms with Crippen LogP contribution in [0.1, 0.15) is 16.3 Å². The second kappa shape index (κ2) is 4.25. The van der Waals surface area contributed by atoms with Crippen molar-refractivity contribution in [2.75, 3.05) is 0 Å². The van der Waals surface area contributed by atoms with E-state index in [9.17, 15) is 9.59 Å². The van der Waals surface area contributed by atoms with Crippen molar-refractivity contribution < 1.29 is 18.7 Å². The van der Waals surface area contributed by atoms with E-state index in [1.165, 1.54) is 6.07 Å². The third kappa shape index (κ3) is 2.59. The van der Waals surface area contributed by atoms with Gasteiger partial charge in [-0.1, -0.05) is 6.58 Å². The molecule has 0 saturated heterocycles. The van der Waals surface area contributed by atoms with Crippen molar-refractivity contribution in [2.24, 2.45) is 0 Å². The molecular formula is C9H8O4. The maximum atomic E-state index is 10.6. The van der Waals surface area contributed by atoms with Crippen molar-refractivity contribution in [3.8, 4) is 0 Å². The van der Waals surface area contributed by atoms with Gasteiger partial charge in [0.25, 0.3) is 0 Å². The number of aldehydes is 1. The average Bonchev–Trinajstić information content (AvgIpc) is 2.61. The molecule has 0 aliphatic carbocycles. The van der Waals surface area contributed by atoms with Gasteiger partial charge in [0.1, 0.15) is 12.4 Å². The molecule has 0 bridgehead atoms. The van der Waals surface area contributed by atoms with Crippen molar-refractivity contribution in [3.63, 3.8) is 0 Å². The number of furan rings is 1. The van der Waals surface area contributed by atoms with Crippen LogP contribution in [0.4, 0.5) is 0 Å². The Morgan fingerprint density at radius 2 is 2.38 bits per heavy atom. The predicted octanol–water partition coefficient (Wildman–Crippen LogP) is 1.32. The molecule has 0 aliphatic rings. The Kier molecular flexibility index (Phi) is 3.03. The van der Waals surface area contributed by atoms with Crippen molar-refractivity contribution in [3.05, 3.63) is 36.3 Å². The van der Waals surface area contributed by atoms with Gasteiger partial charge in [-0.15, -0.1) is 0 Å². The Balaban J connectivity index is 2.49. The monoisotopic (exact) mass is 180 g/mol. The molecule has 1 aromatic rings. The van der Waals surface area contributed by atoms with Gasteiger partial charge in [0.05, 0.1) is 0 Å². The summed E-state index contributed by atoms with van der Waals surface area (Å²) in [6.45, 7) is 3.25. The summed E-state index contributed by atoms with van der Waals surface area (Å²) in [6, 6.07) is 3.07. The van der Waals surface area contributed by atoms with E-state index in [1.54, 1.807) is 6.07 Å². The maximum Gasteiger partial charge on any atom is 0.330 e. The second-order valence-corrected chi connectivity index (χ2v) is 2.23. The minimum Gasteiger partial charge on any atom is -0.455 e. The van der Waals surface area contributed by atoms with Gasteiger partial charge < -0.3 is 9.15 Å². The lowest BCUT2D eigenvalue weighted by molar-refractivity contribution is -0.139. The molecule has 4 nitrogen and oxygen atoms in total. The smallest absolute Gasteiger partial charge is 0.330 e.